The smallest absolute Gasteiger partial charge is 0.0793 e. The summed E-state index contributed by atoms with van der Waals surface area (Å²) in [6, 6.07) is 8.55. The molecule has 1 aromatic carbocycles. The van der Waals surface area contributed by atoms with Crippen LogP contribution in [0, 0.1) is 6.92 Å². The van der Waals surface area contributed by atoms with Crippen LogP contribution in [0.25, 0.3) is 0 Å². The van der Waals surface area contributed by atoms with E-state index in [4.69, 9.17) is 4.74 Å². The van der Waals surface area contributed by atoms with Gasteiger partial charge in [-0.25, -0.2) is 0 Å². The van der Waals surface area contributed by atoms with Crippen LogP contribution >= 0.6 is 0 Å². The average molecular weight is 361 g/mol. The first-order valence-electron chi connectivity index (χ1n) is 4.68. The molecule has 2 heteroatoms. The van der Waals surface area contributed by atoms with Crippen LogP contribution in [-0.2, 0) is 32.2 Å². The van der Waals surface area contributed by atoms with Gasteiger partial charge in [-0.05, 0) is 12.5 Å². The summed E-state index contributed by atoms with van der Waals surface area (Å²) in [5.74, 6) is 0. The Bertz CT molecular complexity index is 243. The molecule has 0 radical (unpaired) electrons. The van der Waals surface area contributed by atoms with Gasteiger partial charge in [0.25, 0.3) is 0 Å². The van der Waals surface area contributed by atoms with Gasteiger partial charge in [-0.3, -0.25) is 0 Å². The zero-order valence-corrected chi connectivity index (χ0v) is 11.8. The minimum absolute atomic E-state index is 0. The van der Waals surface area contributed by atoms with Crippen LogP contribution in [0.2, 0.25) is 0 Å². The minimum atomic E-state index is 0. The summed E-state index contributed by atoms with van der Waals surface area (Å²) in [5.41, 5.74) is 2.58. The van der Waals surface area contributed by atoms with Crippen LogP contribution in [0.5, 0.6) is 0 Å². The number of ether oxygens (including phenoxy) is 1. The average Bonchev–Trinajstić information content (AvgIpc) is 2.18. The Morgan fingerprint density at radius 2 is 1.86 bits per heavy atom. The van der Waals surface area contributed by atoms with E-state index in [9.17, 15) is 0 Å². The summed E-state index contributed by atoms with van der Waals surface area (Å²) >= 11 is 0. The van der Waals surface area contributed by atoms with E-state index in [0.717, 1.165) is 12.8 Å². The Labute approximate surface area is 101 Å². The SMILES string of the molecule is [CH2-]CCc1ccc(C(C)OC)cc1.[W]. The van der Waals surface area contributed by atoms with E-state index < -0.39 is 0 Å². The molecule has 0 amide bonds. The van der Waals surface area contributed by atoms with Gasteiger partial charge in [0.2, 0.25) is 0 Å². The van der Waals surface area contributed by atoms with Gasteiger partial charge in [-0.1, -0.05) is 36.2 Å². The summed E-state index contributed by atoms with van der Waals surface area (Å²) in [6.45, 7) is 5.88. The van der Waals surface area contributed by atoms with Crippen LogP contribution in [-0.4, -0.2) is 7.11 Å². The van der Waals surface area contributed by atoms with Gasteiger partial charge in [0, 0.05) is 28.2 Å². The van der Waals surface area contributed by atoms with Crippen molar-refractivity contribution in [2.45, 2.75) is 25.9 Å². The molecule has 0 aliphatic heterocycles. The third-order valence-electron chi connectivity index (χ3n) is 2.27. The van der Waals surface area contributed by atoms with Gasteiger partial charge in [0.15, 0.2) is 0 Å². The molecule has 0 spiro atoms. The normalized spacial score (nSPS) is 11.9. The van der Waals surface area contributed by atoms with Crippen molar-refractivity contribution in [2.75, 3.05) is 7.11 Å². The molecule has 0 heterocycles. The molecule has 1 unspecified atom stereocenters. The van der Waals surface area contributed by atoms with Crippen LogP contribution in [0.1, 0.15) is 30.6 Å². The number of hydrogen-bond acceptors (Lipinski definition) is 1. The Morgan fingerprint density at radius 1 is 1.29 bits per heavy atom. The Hall–Kier alpha value is -0.132. The summed E-state index contributed by atoms with van der Waals surface area (Å²) in [7, 11) is 1.73. The van der Waals surface area contributed by atoms with Crippen molar-refractivity contribution in [1.82, 2.24) is 0 Å². The van der Waals surface area contributed by atoms with Crippen molar-refractivity contribution in [3.05, 3.63) is 42.3 Å². The number of benzene rings is 1. The van der Waals surface area contributed by atoms with Crippen LogP contribution < -0.4 is 0 Å². The molecule has 0 aliphatic carbocycles. The molecule has 0 saturated heterocycles. The Morgan fingerprint density at radius 3 is 2.29 bits per heavy atom. The predicted octanol–water partition coefficient (Wildman–Crippen LogP) is 3.16. The first-order valence-corrected chi connectivity index (χ1v) is 4.68. The van der Waals surface area contributed by atoms with E-state index in [0.29, 0.717) is 0 Å². The van der Waals surface area contributed by atoms with Gasteiger partial charge in [0.05, 0.1) is 6.10 Å². The molecule has 1 rings (SSSR count). The van der Waals surface area contributed by atoms with Gasteiger partial charge in [-0.15, -0.1) is 0 Å². The van der Waals surface area contributed by atoms with Crippen molar-refractivity contribution in [3.63, 3.8) is 0 Å². The van der Waals surface area contributed by atoms with Crippen molar-refractivity contribution in [3.8, 4) is 0 Å². The quantitative estimate of drug-likeness (QED) is 0.749. The zero-order valence-electron chi connectivity index (χ0n) is 8.82. The summed E-state index contributed by atoms with van der Waals surface area (Å²) in [4.78, 5) is 0. The molecule has 14 heavy (non-hydrogen) atoms. The van der Waals surface area contributed by atoms with Crippen molar-refractivity contribution >= 4 is 0 Å². The monoisotopic (exact) mass is 361 g/mol. The number of aryl methyl sites for hydroxylation is 1. The third-order valence-corrected chi connectivity index (χ3v) is 2.27. The maximum atomic E-state index is 5.22. The summed E-state index contributed by atoms with van der Waals surface area (Å²) < 4.78 is 5.22. The minimum Gasteiger partial charge on any atom is -0.377 e. The van der Waals surface area contributed by atoms with E-state index in [-0.39, 0.29) is 27.2 Å². The molecule has 0 aromatic heterocycles. The molecular weight excluding hydrogens is 344 g/mol. The van der Waals surface area contributed by atoms with E-state index in [1.807, 2.05) is 0 Å². The van der Waals surface area contributed by atoms with Gasteiger partial charge in [-0.2, -0.15) is 6.42 Å². The van der Waals surface area contributed by atoms with Crippen LogP contribution in [0.4, 0.5) is 0 Å². The molecule has 0 bridgehead atoms. The van der Waals surface area contributed by atoms with Crippen molar-refractivity contribution < 1.29 is 25.8 Å². The Kier molecular flexibility index (Phi) is 7.13. The van der Waals surface area contributed by atoms with E-state index >= 15 is 0 Å². The Balaban J connectivity index is 0.00000169. The van der Waals surface area contributed by atoms with Crippen LogP contribution in [0.15, 0.2) is 24.3 Å². The molecule has 0 aliphatic rings. The second-order valence-corrected chi connectivity index (χ2v) is 3.22. The maximum absolute atomic E-state index is 5.22. The predicted molar refractivity (Wildman–Crippen MR) is 55.5 cm³/mol. The number of hydrogen-bond donors (Lipinski definition) is 0. The second-order valence-electron chi connectivity index (χ2n) is 3.22. The molecule has 78 valence electrons. The molecular formula is C12H17OW-. The fourth-order valence-electron chi connectivity index (χ4n) is 1.30. The summed E-state index contributed by atoms with van der Waals surface area (Å²) in [5, 5.41) is 0. The second kappa shape index (κ2) is 7.20. The molecule has 0 fully saturated rings. The fraction of sp³-hybridized carbons (Fsp3) is 0.417. The topological polar surface area (TPSA) is 9.23 Å². The van der Waals surface area contributed by atoms with Crippen LogP contribution in [0.3, 0.4) is 0 Å². The first kappa shape index (κ1) is 13.9. The van der Waals surface area contributed by atoms with E-state index in [1.165, 1.54) is 11.1 Å². The number of methoxy groups -OCH3 is 1. The van der Waals surface area contributed by atoms with Gasteiger partial charge >= 0.3 is 0 Å². The largest absolute Gasteiger partial charge is 0.377 e. The standard InChI is InChI=1S/C12H17O.W/c1-4-5-11-6-8-12(9-7-11)10(2)13-3;/h6-10H,1,4-5H2,2-3H3;/q-1;. The molecule has 0 N–H and O–H groups in total. The fourth-order valence-corrected chi connectivity index (χ4v) is 1.30. The van der Waals surface area contributed by atoms with Gasteiger partial charge in [0.1, 0.15) is 0 Å². The number of rotatable bonds is 4. The zero-order chi connectivity index (χ0) is 9.68. The van der Waals surface area contributed by atoms with Crippen molar-refractivity contribution in [1.29, 1.82) is 0 Å². The first-order chi connectivity index (χ1) is 6.27. The van der Waals surface area contributed by atoms with Gasteiger partial charge < -0.3 is 11.7 Å². The maximum Gasteiger partial charge on any atom is 0.0793 e. The summed E-state index contributed by atoms with van der Waals surface area (Å²) in [6.07, 6.45) is 2.20. The molecule has 0 saturated carbocycles. The van der Waals surface area contributed by atoms with E-state index in [2.05, 4.69) is 38.1 Å². The van der Waals surface area contributed by atoms with E-state index in [1.54, 1.807) is 7.11 Å². The molecule has 1 atom stereocenters. The van der Waals surface area contributed by atoms with Crippen molar-refractivity contribution in [2.24, 2.45) is 0 Å². The molecule has 1 nitrogen and oxygen atoms in total. The third kappa shape index (κ3) is 3.94. The molecule has 1 aromatic rings.